The number of carbonyl (C=O) groups is 2. The van der Waals surface area contributed by atoms with Gasteiger partial charge in [0.1, 0.15) is 0 Å². The molecule has 5 nitrogen and oxygen atoms in total. The molecule has 2 atom stereocenters. The molecule has 0 radical (unpaired) electrons. The van der Waals surface area contributed by atoms with E-state index in [-0.39, 0.29) is 23.7 Å². The second-order valence-corrected chi connectivity index (χ2v) is 8.55. The zero-order valence-corrected chi connectivity index (χ0v) is 16.4. The first-order valence-electron chi connectivity index (χ1n) is 10.4. The molecular weight excluding hydrogens is 338 g/mol. The third-order valence-corrected chi connectivity index (χ3v) is 6.21. The van der Waals surface area contributed by atoms with E-state index < -0.39 is 5.54 Å². The lowest BCUT2D eigenvalue weighted by Crippen LogP contribution is -2.52. The minimum absolute atomic E-state index is 0.0383. The van der Waals surface area contributed by atoms with Crippen LogP contribution in [0.1, 0.15) is 70.3 Å². The minimum atomic E-state index is -0.418. The van der Waals surface area contributed by atoms with E-state index in [1.807, 2.05) is 31.2 Å². The van der Waals surface area contributed by atoms with Crippen LogP contribution in [0, 0.1) is 11.8 Å². The molecule has 0 bridgehead atoms. The first-order chi connectivity index (χ1) is 13.0. The number of nitrogens with one attached hydrogen (secondary N) is 2. The topological polar surface area (TPSA) is 84.2 Å². The molecular formula is C22H33N3O2. The number of amides is 2. The first kappa shape index (κ1) is 19.9. The summed E-state index contributed by atoms with van der Waals surface area (Å²) in [6, 6.07) is 7.75. The first-order valence-corrected chi connectivity index (χ1v) is 10.4. The molecule has 0 spiro atoms. The van der Waals surface area contributed by atoms with Crippen molar-refractivity contribution in [2.45, 2.75) is 76.8 Å². The van der Waals surface area contributed by atoms with E-state index in [4.69, 9.17) is 5.73 Å². The Kier molecular flexibility index (Phi) is 6.53. The molecule has 2 fully saturated rings. The molecule has 2 unspecified atom stereocenters. The highest BCUT2D eigenvalue weighted by atomic mass is 16.2. The smallest absolute Gasteiger partial charge is 0.227 e. The maximum absolute atomic E-state index is 12.6. The van der Waals surface area contributed by atoms with Crippen molar-refractivity contribution in [2.24, 2.45) is 17.6 Å². The molecule has 2 saturated carbocycles. The summed E-state index contributed by atoms with van der Waals surface area (Å²) in [7, 11) is 0. The van der Waals surface area contributed by atoms with E-state index in [2.05, 4.69) is 10.6 Å². The van der Waals surface area contributed by atoms with E-state index in [9.17, 15) is 9.59 Å². The van der Waals surface area contributed by atoms with Crippen LogP contribution in [0.15, 0.2) is 24.3 Å². The minimum Gasteiger partial charge on any atom is -0.352 e. The summed E-state index contributed by atoms with van der Waals surface area (Å²) in [4.78, 5) is 25.0. The van der Waals surface area contributed by atoms with Crippen LogP contribution in [0.5, 0.6) is 0 Å². The highest BCUT2D eigenvalue weighted by Gasteiger charge is 2.37. The number of carbonyl (C=O) groups excluding carboxylic acids is 2. The van der Waals surface area contributed by atoms with Crippen LogP contribution in [0.2, 0.25) is 0 Å². The van der Waals surface area contributed by atoms with E-state index in [1.165, 1.54) is 6.42 Å². The predicted molar refractivity (Wildman–Crippen MR) is 108 cm³/mol. The van der Waals surface area contributed by atoms with Gasteiger partial charge in [-0.05, 0) is 50.3 Å². The molecule has 4 N–H and O–H groups in total. The summed E-state index contributed by atoms with van der Waals surface area (Å²) >= 11 is 0. The van der Waals surface area contributed by atoms with Crippen molar-refractivity contribution in [1.29, 1.82) is 0 Å². The fraction of sp³-hybridized carbons (Fsp3) is 0.636. The Morgan fingerprint density at radius 3 is 2.56 bits per heavy atom. The average molecular weight is 372 g/mol. The molecule has 27 heavy (non-hydrogen) atoms. The summed E-state index contributed by atoms with van der Waals surface area (Å²) < 4.78 is 0. The summed E-state index contributed by atoms with van der Waals surface area (Å²) in [5.74, 6) is 0.171. The number of nitrogens with two attached hydrogens (primary N) is 1. The zero-order chi connectivity index (χ0) is 19.3. The number of hydrogen-bond donors (Lipinski definition) is 3. The molecule has 0 heterocycles. The van der Waals surface area contributed by atoms with Gasteiger partial charge in [0.2, 0.25) is 11.8 Å². The van der Waals surface area contributed by atoms with Crippen LogP contribution < -0.4 is 16.4 Å². The van der Waals surface area contributed by atoms with Crippen LogP contribution in [-0.4, -0.2) is 17.4 Å². The van der Waals surface area contributed by atoms with Crippen molar-refractivity contribution in [2.75, 3.05) is 5.32 Å². The molecule has 2 aliphatic rings. The van der Waals surface area contributed by atoms with Crippen LogP contribution in [0.4, 0.5) is 5.69 Å². The van der Waals surface area contributed by atoms with Crippen molar-refractivity contribution in [3.05, 3.63) is 29.8 Å². The molecule has 2 amide bonds. The number of hydrogen-bond acceptors (Lipinski definition) is 3. The normalized spacial score (nSPS) is 26.4. The molecule has 0 aromatic heterocycles. The Hall–Kier alpha value is -1.88. The van der Waals surface area contributed by atoms with Crippen molar-refractivity contribution in [3.63, 3.8) is 0 Å². The predicted octanol–water partition coefficient (Wildman–Crippen LogP) is 3.73. The van der Waals surface area contributed by atoms with Crippen molar-refractivity contribution >= 4 is 17.5 Å². The van der Waals surface area contributed by atoms with Crippen LogP contribution >= 0.6 is 0 Å². The Bertz CT molecular complexity index is 665. The molecule has 0 aliphatic heterocycles. The standard InChI is InChI=1S/C22H33N3O2/c1-22(23)13-6-5-12-19(22)21(27)24-15-16-8-7-11-18(14-16)25-20(26)17-9-3-2-4-10-17/h7-8,11,14,17,19H,2-6,9-10,12-13,15,23H2,1H3,(H,24,27)(H,25,26). The maximum atomic E-state index is 12.6. The SMILES string of the molecule is CC1(N)CCCCC1C(=O)NCc1cccc(NC(=O)C2CCCCC2)c1. The number of benzene rings is 1. The summed E-state index contributed by atoms with van der Waals surface area (Å²) in [5.41, 5.74) is 7.70. The Morgan fingerprint density at radius 1 is 1.07 bits per heavy atom. The Labute approximate surface area is 162 Å². The van der Waals surface area contributed by atoms with E-state index in [0.29, 0.717) is 6.54 Å². The highest BCUT2D eigenvalue weighted by molar-refractivity contribution is 5.92. The van der Waals surface area contributed by atoms with Gasteiger partial charge >= 0.3 is 0 Å². The van der Waals surface area contributed by atoms with Crippen molar-refractivity contribution < 1.29 is 9.59 Å². The largest absolute Gasteiger partial charge is 0.352 e. The fourth-order valence-electron chi connectivity index (χ4n) is 4.47. The monoisotopic (exact) mass is 371 g/mol. The van der Waals surface area contributed by atoms with E-state index in [1.54, 1.807) is 0 Å². The van der Waals surface area contributed by atoms with Gasteiger partial charge in [-0.15, -0.1) is 0 Å². The second kappa shape index (κ2) is 8.87. The van der Waals surface area contributed by atoms with Crippen LogP contribution in [-0.2, 0) is 16.1 Å². The molecule has 3 rings (SSSR count). The van der Waals surface area contributed by atoms with E-state index >= 15 is 0 Å². The van der Waals surface area contributed by atoms with Crippen LogP contribution in [0.25, 0.3) is 0 Å². The van der Waals surface area contributed by atoms with Gasteiger partial charge in [0.15, 0.2) is 0 Å². The summed E-state index contributed by atoms with van der Waals surface area (Å²) in [6.45, 7) is 2.44. The molecule has 148 valence electrons. The Balaban J connectivity index is 1.54. The Morgan fingerprint density at radius 2 is 1.81 bits per heavy atom. The molecule has 2 aliphatic carbocycles. The van der Waals surface area contributed by atoms with Gasteiger partial charge in [-0.2, -0.15) is 0 Å². The van der Waals surface area contributed by atoms with Gasteiger partial charge in [-0.1, -0.05) is 44.2 Å². The quantitative estimate of drug-likeness (QED) is 0.737. The summed E-state index contributed by atoms with van der Waals surface area (Å²) in [5, 5.41) is 6.08. The third kappa shape index (κ3) is 5.32. The van der Waals surface area contributed by atoms with Gasteiger partial charge < -0.3 is 16.4 Å². The van der Waals surface area contributed by atoms with Gasteiger partial charge in [-0.3, -0.25) is 9.59 Å². The van der Waals surface area contributed by atoms with Crippen molar-refractivity contribution in [3.8, 4) is 0 Å². The molecule has 1 aromatic rings. The number of anilines is 1. The molecule has 5 heteroatoms. The lowest BCUT2D eigenvalue weighted by atomic mass is 9.74. The highest BCUT2D eigenvalue weighted by Crippen LogP contribution is 2.31. The van der Waals surface area contributed by atoms with E-state index in [0.717, 1.165) is 62.6 Å². The second-order valence-electron chi connectivity index (χ2n) is 8.55. The van der Waals surface area contributed by atoms with Crippen molar-refractivity contribution in [1.82, 2.24) is 5.32 Å². The van der Waals surface area contributed by atoms with Gasteiger partial charge in [0.25, 0.3) is 0 Å². The molecule has 1 aromatic carbocycles. The van der Waals surface area contributed by atoms with Gasteiger partial charge in [0.05, 0.1) is 5.92 Å². The lowest BCUT2D eigenvalue weighted by molar-refractivity contribution is -0.128. The third-order valence-electron chi connectivity index (χ3n) is 6.21. The lowest BCUT2D eigenvalue weighted by Gasteiger charge is -2.37. The fourth-order valence-corrected chi connectivity index (χ4v) is 4.47. The molecule has 0 saturated heterocycles. The zero-order valence-electron chi connectivity index (χ0n) is 16.4. The van der Waals surface area contributed by atoms with Gasteiger partial charge in [0, 0.05) is 23.7 Å². The maximum Gasteiger partial charge on any atom is 0.227 e. The number of rotatable bonds is 5. The average Bonchev–Trinajstić information content (AvgIpc) is 2.67. The summed E-state index contributed by atoms with van der Waals surface area (Å²) in [6.07, 6.45) is 9.41. The van der Waals surface area contributed by atoms with Gasteiger partial charge in [-0.25, -0.2) is 0 Å². The van der Waals surface area contributed by atoms with Crippen LogP contribution in [0.3, 0.4) is 0 Å².